The summed E-state index contributed by atoms with van der Waals surface area (Å²) in [7, 11) is 0. The number of hydrogen-bond donors (Lipinski definition) is 0. The Morgan fingerprint density at radius 2 is 0.891 bits per heavy atom. The molecule has 0 fully saturated rings. The van der Waals surface area contributed by atoms with Crippen LogP contribution in [0.1, 0.15) is 0 Å². The monoisotopic (exact) mass is 834 g/mol. The Labute approximate surface area is 373 Å². The van der Waals surface area contributed by atoms with Gasteiger partial charge in [-0.05, 0) is 112 Å². The van der Waals surface area contributed by atoms with E-state index in [1.165, 1.54) is 69.6 Å². The van der Waals surface area contributed by atoms with Gasteiger partial charge in [0, 0.05) is 64.5 Å². The fourth-order valence-electron chi connectivity index (χ4n) is 9.80. The van der Waals surface area contributed by atoms with Crippen LogP contribution in [-0.2, 0) is 0 Å². The summed E-state index contributed by atoms with van der Waals surface area (Å²) >= 11 is 1.87. The second-order valence-corrected chi connectivity index (χ2v) is 17.5. The van der Waals surface area contributed by atoms with Gasteiger partial charge in [-0.25, -0.2) is 0 Å². The standard InChI is InChI=1S/C60H38N2OS/c1-2-11-39(12-3-1)40-21-29-44(30-22-40)61(46-35-27-43(28-36-46)48-16-10-17-50-49-13-6-9-20-57(49)64-60(48)50)45-31-23-41(24-32-45)42-25-33-47(34-26-42)62-53-18-7-4-14-51(53)58-54(62)37-38-56-59(58)52-15-5-8-19-55(52)63-56/h1-38H. The Morgan fingerprint density at radius 1 is 0.344 bits per heavy atom. The van der Waals surface area contributed by atoms with Crippen molar-refractivity contribution in [2.75, 3.05) is 4.90 Å². The minimum Gasteiger partial charge on any atom is -0.456 e. The lowest BCUT2D eigenvalue weighted by Gasteiger charge is -2.26. The van der Waals surface area contributed by atoms with Gasteiger partial charge in [0.15, 0.2) is 0 Å². The molecule has 64 heavy (non-hydrogen) atoms. The average Bonchev–Trinajstić information content (AvgIpc) is 4.05. The van der Waals surface area contributed by atoms with Crippen molar-refractivity contribution in [1.29, 1.82) is 0 Å². The Balaban J connectivity index is 0.861. The predicted molar refractivity (Wildman–Crippen MR) is 272 cm³/mol. The highest BCUT2D eigenvalue weighted by Gasteiger charge is 2.19. The molecule has 0 amide bonds. The van der Waals surface area contributed by atoms with Gasteiger partial charge in [-0.15, -0.1) is 11.3 Å². The topological polar surface area (TPSA) is 21.3 Å². The molecule has 13 rings (SSSR count). The highest BCUT2D eigenvalue weighted by Crippen LogP contribution is 2.44. The summed E-state index contributed by atoms with van der Waals surface area (Å²) in [5.74, 6) is 0. The third kappa shape index (κ3) is 5.88. The highest BCUT2D eigenvalue weighted by atomic mass is 32.1. The van der Waals surface area contributed by atoms with Gasteiger partial charge in [0.2, 0.25) is 0 Å². The first kappa shape index (κ1) is 36.5. The number of para-hydroxylation sites is 2. The van der Waals surface area contributed by atoms with E-state index in [1.54, 1.807) is 0 Å². The van der Waals surface area contributed by atoms with Crippen molar-refractivity contribution in [3.8, 4) is 39.1 Å². The van der Waals surface area contributed by atoms with Crippen LogP contribution in [0.2, 0.25) is 0 Å². The Hall–Kier alpha value is -8.18. The molecule has 3 nitrogen and oxygen atoms in total. The van der Waals surface area contributed by atoms with E-state index in [-0.39, 0.29) is 0 Å². The largest absolute Gasteiger partial charge is 0.456 e. The van der Waals surface area contributed by atoms with E-state index >= 15 is 0 Å². The minimum atomic E-state index is 0.913. The normalized spacial score (nSPS) is 11.8. The van der Waals surface area contributed by atoms with Crippen molar-refractivity contribution < 1.29 is 4.42 Å². The molecule has 0 unspecified atom stereocenters. The number of nitrogens with zero attached hydrogens (tertiary/aromatic N) is 2. The number of fused-ring (bicyclic) bond motifs is 10. The Bertz CT molecular complexity index is 3860. The van der Waals surface area contributed by atoms with E-state index in [4.69, 9.17) is 4.42 Å². The summed E-state index contributed by atoms with van der Waals surface area (Å²) in [5.41, 5.74) is 15.8. The molecule has 4 heteroatoms. The van der Waals surface area contributed by atoms with Crippen LogP contribution in [0.25, 0.3) is 103 Å². The van der Waals surface area contributed by atoms with Gasteiger partial charge in [-0.1, -0.05) is 152 Å². The van der Waals surface area contributed by atoms with Crippen LogP contribution >= 0.6 is 11.3 Å². The molecule has 0 saturated heterocycles. The maximum atomic E-state index is 6.31. The Morgan fingerprint density at radius 3 is 1.59 bits per heavy atom. The molecule has 0 N–H and O–H groups in total. The van der Waals surface area contributed by atoms with Crippen LogP contribution in [0.15, 0.2) is 235 Å². The van der Waals surface area contributed by atoms with Crippen LogP contribution < -0.4 is 4.90 Å². The fourth-order valence-corrected chi connectivity index (χ4v) is 11.0. The third-order valence-corrected chi connectivity index (χ3v) is 14.1. The number of anilines is 3. The lowest BCUT2D eigenvalue weighted by molar-refractivity contribution is 0.669. The van der Waals surface area contributed by atoms with Crippen molar-refractivity contribution in [3.05, 3.63) is 231 Å². The van der Waals surface area contributed by atoms with Crippen LogP contribution in [0.4, 0.5) is 17.1 Å². The van der Waals surface area contributed by atoms with Crippen LogP contribution in [0.5, 0.6) is 0 Å². The number of thiophene rings is 1. The number of aromatic nitrogens is 1. The van der Waals surface area contributed by atoms with Gasteiger partial charge in [0.25, 0.3) is 0 Å². The zero-order valence-electron chi connectivity index (χ0n) is 34.7. The molecule has 0 bridgehead atoms. The van der Waals surface area contributed by atoms with Crippen LogP contribution in [0.3, 0.4) is 0 Å². The number of hydrogen-bond acceptors (Lipinski definition) is 3. The summed E-state index contributed by atoms with van der Waals surface area (Å²) in [6, 6.07) is 83.3. The first-order valence-corrected chi connectivity index (χ1v) is 22.6. The molecule has 3 heterocycles. The third-order valence-electron chi connectivity index (χ3n) is 12.8. The molecule has 0 aliphatic rings. The molecule has 0 radical (unpaired) electrons. The maximum Gasteiger partial charge on any atom is 0.136 e. The smallest absolute Gasteiger partial charge is 0.136 e. The molecule has 3 aromatic heterocycles. The zero-order chi connectivity index (χ0) is 42.1. The molecule has 10 aromatic carbocycles. The zero-order valence-corrected chi connectivity index (χ0v) is 35.5. The van der Waals surface area contributed by atoms with Crippen LogP contribution in [0, 0.1) is 0 Å². The molecule has 0 aliphatic carbocycles. The first-order valence-electron chi connectivity index (χ1n) is 21.7. The van der Waals surface area contributed by atoms with Gasteiger partial charge in [-0.3, -0.25) is 0 Å². The predicted octanol–water partition coefficient (Wildman–Crippen LogP) is 17.5. The minimum absolute atomic E-state index is 0.913. The first-order chi connectivity index (χ1) is 31.7. The average molecular weight is 835 g/mol. The summed E-state index contributed by atoms with van der Waals surface area (Å²) in [4.78, 5) is 2.36. The maximum absolute atomic E-state index is 6.31. The fraction of sp³-hybridized carbons (Fsp3) is 0. The highest BCUT2D eigenvalue weighted by molar-refractivity contribution is 7.26. The molecule has 0 spiro atoms. The van der Waals surface area contributed by atoms with Gasteiger partial charge in [0.1, 0.15) is 11.2 Å². The van der Waals surface area contributed by atoms with Gasteiger partial charge in [0.05, 0.1) is 11.0 Å². The summed E-state index contributed by atoms with van der Waals surface area (Å²) < 4.78 is 11.3. The summed E-state index contributed by atoms with van der Waals surface area (Å²) in [6.07, 6.45) is 0. The molecule has 0 atom stereocenters. The van der Waals surface area contributed by atoms with E-state index in [0.717, 1.165) is 50.4 Å². The quantitative estimate of drug-likeness (QED) is 0.159. The van der Waals surface area contributed by atoms with E-state index in [2.05, 4.69) is 234 Å². The molecule has 13 aromatic rings. The van der Waals surface area contributed by atoms with Crippen molar-refractivity contribution in [3.63, 3.8) is 0 Å². The lowest BCUT2D eigenvalue weighted by atomic mass is 10.0. The number of benzene rings is 10. The Kier molecular flexibility index (Phi) is 8.40. The van der Waals surface area contributed by atoms with E-state index in [1.807, 2.05) is 17.4 Å². The van der Waals surface area contributed by atoms with Gasteiger partial charge < -0.3 is 13.9 Å². The SMILES string of the molecule is c1ccc(-c2ccc(N(c3ccc(-c4ccc(-n5c6ccccc6c6c7c(ccc65)oc5ccccc57)cc4)cc3)c3ccc(-c4cccc5c4sc4ccccc45)cc3)cc2)cc1. The van der Waals surface area contributed by atoms with E-state index < -0.39 is 0 Å². The van der Waals surface area contributed by atoms with Crippen LogP contribution in [-0.4, -0.2) is 4.57 Å². The summed E-state index contributed by atoms with van der Waals surface area (Å²) in [6.45, 7) is 0. The number of furan rings is 1. The van der Waals surface area contributed by atoms with Gasteiger partial charge in [-0.2, -0.15) is 0 Å². The van der Waals surface area contributed by atoms with Crippen molar-refractivity contribution in [2.45, 2.75) is 0 Å². The van der Waals surface area contributed by atoms with Crippen molar-refractivity contribution in [1.82, 2.24) is 4.57 Å². The van der Waals surface area contributed by atoms with Crippen molar-refractivity contribution >= 4 is 92.3 Å². The van der Waals surface area contributed by atoms with E-state index in [9.17, 15) is 0 Å². The molecule has 300 valence electrons. The second-order valence-electron chi connectivity index (χ2n) is 16.5. The summed E-state index contributed by atoms with van der Waals surface area (Å²) in [5, 5.41) is 7.39. The molecular weight excluding hydrogens is 797 g/mol. The number of rotatable bonds is 7. The molecule has 0 aliphatic heterocycles. The molecule has 0 saturated carbocycles. The van der Waals surface area contributed by atoms with E-state index in [0.29, 0.717) is 0 Å². The molecular formula is C60H38N2OS. The van der Waals surface area contributed by atoms with Gasteiger partial charge >= 0.3 is 0 Å². The lowest BCUT2D eigenvalue weighted by Crippen LogP contribution is -2.09. The van der Waals surface area contributed by atoms with Crippen molar-refractivity contribution in [2.24, 2.45) is 0 Å². The second kappa shape index (κ2) is 14.7.